The molecule has 1 aliphatic heterocycles. The number of esters is 1. The second kappa shape index (κ2) is 7.77. The molecule has 2 aromatic rings. The lowest BCUT2D eigenvalue weighted by atomic mass is 10.2. The van der Waals surface area contributed by atoms with E-state index in [0.717, 1.165) is 42.1 Å². The van der Waals surface area contributed by atoms with Crippen LogP contribution in [0.25, 0.3) is 10.4 Å². The van der Waals surface area contributed by atoms with Crippen LogP contribution in [0.4, 0.5) is 5.69 Å². The van der Waals surface area contributed by atoms with Crippen LogP contribution in [0.5, 0.6) is 0 Å². The first kappa shape index (κ1) is 16.9. The summed E-state index contributed by atoms with van der Waals surface area (Å²) in [5, 5.41) is 3.93. The maximum Gasteiger partial charge on any atom is 0.350 e. The molecule has 1 N–H and O–H groups in total. The van der Waals surface area contributed by atoms with Crippen molar-refractivity contribution in [2.45, 2.75) is 19.8 Å². The summed E-state index contributed by atoms with van der Waals surface area (Å²) in [5.41, 5.74) is 1.81. The quantitative estimate of drug-likeness (QED) is 0.647. The van der Waals surface area contributed by atoms with Crippen molar-refractivity contribution in [1.29, 1.82) is 0 Å². The van der Waals surface area contributed by atoms with Gasteiger partial charge >= 0.3 is 5.97 Å². The van der Waals surface area contributed by atoms with E-state index in [0.29, 0.717) is 16.6 Å². The fourth-order valence-corrected chi connectivity index (χ4v) is 4.00. The second-order valence-electron chi connectivity index (χ2n) is 5.56. The molecule has 126 valence electrons. The third-order valence-corrected chi connectivity index (χ3v) is 5.41. The third kappa shape index (κ3) is 3.76. The highest BCUT2D eigenvalue weighted by atomic mass is 32.1. The zero-order chi connectivity index (χ0) is 16.9. The Morgan fingerprint density at radius 3 is 2.67 bits per heavy atom. The summed E-state index contributed by atoms with van der Waals surface area (Å²) < 4.78 is 5.20. The monoisotopic (exact) mass is 360 g/mol. The van der Waals surface area contributed by atoms with Crippen molar-refractivity contribution in [3.63, 3.8) is 0 Å². The van der Waals surface area contributed by atoms with Gasteiger partial charge in [0.1, 0.15) is 4.88 Å². The molecule has 0 aliphatic carbocycles. The molecule has 0 bridgehead atoms. The van der Waals surface area contributed by atoms with Gasteiger partial charge in [0.2, 0.25) is 0 Å². The SMILES string of the molecule is CCOC(=O)c1sc(-c2ccccc2)cc1NC(=S)N1CCCC1. The van der Waals surface area contributed by atoms with E-state index in [2.05, 4.69) is 10.2 Å². The Balaban J connectivity index is 1.88. The fourth-order valence-electron chi connectivity index (χ4n) is 2.69. The van der Waals surface area contributed by atoms with E-state index >= 15 is 0 Å². The molecule has 0 atom stereocenters. The van der Waals surface area contributed by atoms with Crippen molar-refractivity contribution < 1.29 is 9.53 Å². The van der Waals surface area contributed by atoms with Gasteiger partial charge in [-0.2, -0.15) is 0 Å². The molecule has 4 nitrogen and oxygen atoms in total. The van der Waals surface area contributed by atoms with Crippen molar-refractivity contribution in [3.05, 3.63) is 41.3 Å². The van der Waals surface area contributed by atoms with Gasteiger partial charge in [-0.1, -0.05) is 30.3 Å². The number of benzene rings is 1. The number of nitrogens with one attached hydrogen (secondary N) is 1. The highest BCUT2D eigenvalue weighted by molar-refractivity contribution is 7.80. The summed E-state index contributed by atoms with van der Waals surface area (Å²) in [6.07, 6.45) is 2.32. The van der Waals surface area contributed by atoms with Gasteiger partial charge in [0, 0.05) is 18.0 Å². The van der Waals surface area contributed by atoms with Crippen molar-refractivity contribution in [3.8, 4) is 10.4 Å². The van der Waals surface area contributed by atoms with Crippen LogP contribution in [-0.2, 0) is 4.74 Å². The number of carbonyl (C=O) groups is 1. The number of likely N-dealkylation sites (tertiary alicyclic amines) is 1. The number of carbonyl (C=O) groups excluding carboxylic acids is 1. The zero-order valence-corrected chi connectivity index (χ0v) is 15.2. The topological polar surface area (TPSA) is 41.6 Å². The molecule has 1 aromatic carbocycles. The average Bonchev–Trinajstić information content (AvgIpc) is 3.26. The number of nitrogens with zero attached hydrogens (tertiary/aromatic N) is 1. The molecule has 1 aliphatic rings. The molecule has 24 heavy (non-hydrogen) atoms. The first-order valence-electron chi connectivity index (χ1n) is 8.11. The Morgan fingerprint density at radius 1 is 1.29 bits per heavy atom. The Kier molecular flexibility index (Phi) is 5.48. The largest absolute Gasteiger partial charge is 0.462 e. The number of ether oxygens (including phenoxy) is 1. The normalized spacial score (nSPS) is 13.8. The number of thiocarbonyl (C=S) groups is 1. The Labute approximate surface area is 151 Å². The van der Waals surface area contributed by atoms with E-state index in [-0.39, 0.29) is 5.97 Å². The molecule has 0 amide bonds. The molecule has 6 heteroatoms. The van der Waals surface area contributed by atoms with Gasteiger partial charge in [0.25, 0.3) is 0 Å². The van der Waals surface area contributed by atoms with E-state index < -0.39 is 0 Å². The maximum atomic E-state index is 12.3. The standard InChI is InChI=1S/C18H20N2O2S2/c1-2-22-17(21)16-14(19-18(23)20-10-6-7-11-20)12-15(24-16)13-8-4-3-5-9-13/h3-5,8-9,12H,2,6-7,10-11H2,1H3,(H,19,23). The first-order chi connectivity index (χ1) is 11.7. The second-order valence-corrected chi connectivity index (χ2v) is 7.00. The van der Waals surface area contributed by atoms with Crippen LogP contribution < -0.4 is 5.32 Å². The summed E-state index contributed by atoms with van der Waals surface area (Å²) >= 11 is 6.93. The van der Waals surface area contributed by atoms with Crippen LogP contribution in [0.15, 0.2) is 36.4 Å². The first-order valence-corrected chi connectivity index (χ1v) is 9.34. The minimum atomic E-state index is -0.309. The van der Waals surface area contributed by atoms with Crippen molar-refractivity contribution in [1.82, 2.24) is 4.90 Å². The molecule has 3 rings (SSSR count). The number of hydrogen-bond acceptors (Lipinski definition) is 4. The lowest BCUT2D eigenvalue weighted by Gasteiger charge is -2.19. The lowest BCUT2D eigenvalue weighted by molar-refractivity contribution is 0.0533. The highest BCUT2D eigenvalue weighted by Gasteiger charge is 2.21. The van der Waals surface area contributed by atoms with Crippen LogP contribution in [0.1, 0.15) is 29.4 Å². The fraction of sp³-hybridized carbons (Fsp3) is 0.333. The Hall–Kier alpha value is -1.92. The van der Waals surface area contributed by atoms with Crippen LogP contribution in [0.3, 0.4) is 0 Å². The van der Waals surface area contributed by atoms with Gasteiger partial charge < -0.3 is 15.0 Å². The molecular formula is C18H20N2O2S2. The Bertz CT molecular complexity index is 722. The summed E-state index contributed by atoms with van der Waals surface area (Å²) in [6, 6.07) is 12.0. The van der Waals surface area contributed by atoms with Crippen molar-refractivity contribution >= 4 is 40.3 Å². The molecule has 0 saturated carbocycles. The predicted octanol–water partition coefficient (Wildman–Crippen LogP) is 4.38. The van der Waals surface area contributed by atoms with Gasteiger partial charge in [-0.3, -0.25) is 0 Å². The summed E-state index contributed by atoms with van der Waals surface area (Å²) in [7, 11) is 0. The molecular weight excluding hydrogens is 340 g/mol. The van der Waals surface area contributed by atoms with Crippen LogP contribution in [0, 0.1) is 0 Å². The van der Waals surface area contributed by atoms with Crippen LogP contribution in [-0.4, -0.2) is 35.7 Å². The highest BCUT2D eigenvalue weighted by Crippen LogP contribution is 2.35. The number of hydrogen-bond donors (Lipinski definition) is 1. The number of thiophene rings is 1. The minimum Gasteiger partial charge on any atom is -0.462 e. The predicted molar refractivity (Wildman–Crippen MR) is 103 cm³/mol. The number of rotatable bonds is 4. The lowest BCUT2D eigenvalue weighted by Crippen LogP contribution is -2.32. The summed E-state index contributed by atoms with van der Waals surface area (Å²) in [5.74, 6) is -0.309. The molecule has 1 fully saturated rings. The van der Waals surface area contributed by atoms with E-state index in [9.17, 15) is 4.79 Å². The third-order valence-electron chi connectivity index (χ3n) is 3.89. The van der Waals surface area contributed by atoms with Gasteiger partial charge in [-0.15, -0.1) is 11.3 Å². The van der Waals surface area contributed by atoms with E-state index in [4.69, 9.17) is 17.0 Å². The molecule has 0 unspecified atom stereocenters. The minimum absolute atomic E-state index is 0.309. The zero-order valence-electron chi connectivity index (χ0n) is 13.6. The van der Waals surface area contributed by atoms with Crippen molar-refractivity contribution in [2.24, 2.45) is 0 Å². The van der Waals surface area contributed by atoms with Crippen LogP contribution >= 0.6 is 23.6 Å². The van der Waals surface area contributed by atoms with Gasteiger partial charge in [-0.25, -0.2) is 4.79 Å². The molecule has 1 aromatic heterocycles. The van der Waals surface area contributed by atoms with Gasteiger partial charge in [-0.05, 0) is 43.6 Å². The van der Waals surface area contributed by atoms with E-state index in [1.165, 1.54) is 11.3 Å². The summed E-state index contributed by atoms with van der Waals surface area (Å²) in [4.78, 5) is 16.0. The molecule has 0 spiro atoms. The maximum absolute atomic E-state index is 12.3. The van der Waals surface area contributed by atoms with Crippen LogP contribution in [0.2, 0.25) is 0 Å². The molecule has 0 radical (unpaired) electrons. The summed E-state index contributed by atoms with van der Waals surface area (Å²) in [6.45, 7) is 4.10. The van der Waals surface area contributed by atoms with Crippen molar-refractivity contribution in [2.75, 3.05) is 25.0 Å². The average molecular weight is 361 g/mol. The Morgan fingerprint density at radius 2 is 2.00 bits per heavy atom. The molecule has 2 heterocycles. The van der Waals surface area contributed by atoms with E-state index in [1.54, 1.807) is 0 Å². The van der Waals surface area contributed by atoms with Gasteiger partial charge in [0.05, 0.1) is 12.3 Å². The smallest absolute Gasteiger partial charge is 0.350 e. The number of anilines is 1. The van der Waals surface area contributed by atoms with Gasteiger partial charge in [0.15, 0.2) is 5.11 Å². The van der Waals surface area contributed by atoms with E-state index in [1.807, 2.05) is 43.3 Å². The molecule has 1 saturated heterocycles.